The van der Waals surface area contributed by atoms with Gasteiger partial charge in [-0.15, -0.1) is 0 Å². The number of nitro groups is 1. The molecular weight excluding hydrogens is 282 g/mol. The van der Waals surface area contributed by atoms with E-state index in [0.717, 1.165) is 0 Å². The molecule has 0 radical (unpaired) electrons. The average Bonchev–Trinajstić information content (AvgIpc) is 2.76. The summed E-state index contributed by atoms with van der Waals surface area (Å²) >= 11 is 0. The Balaban J connectivity index is 2.39. The first-order valence-corrected chi connectivity index (χ1v) is 6.32. The number of anilines is 1. The molecule has 1 aliphatic heterocycles. The molecule has 0 atom stereocenters. The number of carbonyl (C=O) groups is 1. The van der Waals surface area contributed by atoms with Gasteiger partial charge in [-0.3, -0.25) is 19.9 Å². The minimum Gasteiger partial charge on any atom is -0.313 e. The number of rotatable bonds is 2. The smallest absolute Gasteiger partial charge is 0.270 e. The fraction of sp³-hybridized carbons (Fsp3) is 0.125. The van der Waals surface area contributed by atoms with Crippen LogP contribution in [0.1, 0.15) is 18.0 Å². The molecule has 22 heavy (non-hydrogen) atoms. The van der Waals surface area contributed by atoms with Crippen molar-refractivity contribution in [2.45, 2.75) is 0 Å². The van der Waals surface area contributed by atoms with Gasteiger partial charge in [-0.05, 0) is 6.07 Å². The van der Waals surface area contributed by atoms with Crippen LogP contribution < -0.4 is 4.90 Å². The van der Waals surface area contributed by atoms with Crippen LogP contribution in [-0.2, 0) is 4.79 Å². The Kier molecular flexibility index (Phi) is 2.23. The number of aliphatic imine (C=N–C) groups is 1. The van der Waals surface area contributed by atoms with Crippen molar-refractivity contribution in [3.05, 3.63) is 69.7 Å². The lowest BCUT2D eigenvalue weighted by Gasteiger charge is -2.17. The summed E-state index contributed by atoms with van der Waals surface area (Å²) in [7, 11) is 1.48. The largest absolute Gasteiger partial charge is 0.313 e. The van der Waals surface area contributed by atoms with Crippen molar-refractivity contribution in [3.63, 3.8) is 0 Å². The number of benzodiazepines with no additional fused rings is 1. The van der Waals surface area contributed by atoms with Gasteiger partial charge in [-0.2, -0.15) is 0 Å². The average molecular weight is 300 g/mol. The summed E-state index contributed by atoms with van der Waals surface area (Å²) in [6, 6.07) is 1.15. The third-order valence-corrected chi connectivity index (χ3v) is 3.29. The van der Waals surface area contributed by atoms with Gasteiger partial charge in [0, 0.05) is 30.3 Å². The van der Waals surface area contributed by atoms with Crippen molar-refractivity contribution in [2.24, 2.45) is 4.99 Å². The monoisotopic (exact) mass is 300 g/mol. The van der Waals surface area contributed by atoms with Gasteiger partial charge in [0.15, 0.2) is 0 Å². The van der Waals surface area contributed by atoms with Gasteiger partial charge >= 0.3 is 0 Å². The minimum absolute atomic E-state index is 0.0524. The van der Waals surface area contributed by atoms with Crippen LogP contribution in [0, 0.1) is 10.1 Å². The maximum absolute atomic E-state index is 12.2. The molecule has 0 spiro atoms. The summed E-state index contributed by atoms with van der Waals surface area (Å²) in [6.45, 7) is -0.323. The molecule has 6 heteroatoms. The number of carbonyl (C=O) groups excluding carboxylic acids is 1. The van der Waals surface area contributed by atoms with Gasteiger partial charge in [-0.25, -0.2) is 0 Å². The number of hydrogen-bond acceptors (Lipinski definition) is 4. The highest BCUT2D eigenvalue weighted by atomic mass is 16.6. The van der Waals surface area contributed by atoms with Crippen molar-refractivity contribution < 1.29 is 16.6 Å². The molecule has 110 valence electrons. The predicted molar refractivity (Wildman–Crippen MR) is 83.5 cm³/mol. The molecule has 0 unspecified atom stereocenters. The quantitative estimate of drug-likeness (QED) is 0.631. The van der Waals surface area contributed by atoms with Crippen molar-refractivity contribution in [2.75, 3.05) is 18.5 Å². The van der Waals surface area contributed by atoms with Gasteiger partial charge in [0.2, 0.25) is 5.91 Å². The number of nitro benzene ring substituents is 1. The van der Waals surface area contributed by atoms with Crippen molar-refractivity contribution in [3.8, 4) is 0 Å². The first-order chi connectivity index (χ1) is 12.6. The Hall–Kier alpha value is -3.02. The lowest BCUT2D eigenvalue weighted by atomic mass is 9.99. The second-order valence-electron chi connectivity index (χ2n) is 4.58. The highest BCUT2D eigenvalue weighted by Gasteiger charge is 2.24. The van der Waals surface area contributed by atoms with Gasteiger partial charge in [0.05, 0.1) is 23.2 Å². The van der Waals surface area contributed by atoms with E-state index >= 15 is 0 Å². The number of fused-ring (bicyclic) bond motifs is 1. The van der Waals surface area contributed by atoms with Crippen molar-refractivity contribution >= 4 is 23.0 Å². The number of non-ortho nitro benzene ring substituents is 1. The summed E-state index contributed by atoms with van der Waals surface area (Å²) < 4.78 is 39.6. The summed E-state index contributed by atoms with van der Waals surface area (Å²) in [6.07, 6.45) is 0. The van der Waals surface area contributed by atoms with E-state index in [-0.39, 0.29) is 29.1 Å². The Bertz CT molecular complexity index is 1010. The molecule has 0 bridgehead atoms. The molecule has 1 heterocycles. The zero-order valence-electron chi connectivity index (χ0n) is 16.5. The maximum Gasteiger partial charge on any atom is 0.270 e. The molecule has 3 rings (SSSR count). The van der Waals surface area contributed by atoms with Gasteiger partial charge in [0.1, 0.15) is 6.54 Å². The third-order valence-electron chi connectivity index (χ3n) is 3.29. The molecule has 1 aliphatic rings. The Morgan fingerprint density at radius 3 is 2.73 bits per heavy atom. The van der Waals surface area contributed by atoms with E-state index in [1.165, 1.54) is 30.1 Å². The topological polar surface area (TPSA) is 75.8 Å². The van der Waals surface area contributed by atoms with E-state index in [2.05, 4.69) is 4.99 Å². The maximum atomic E-state index is 12.2. The zero-order valence-corrected chi connectivity index (χ0v) is 11.5. The van der Waals surface area contributed by atoms with Crippen molar-refractivity contribution in [1.82, 2.24) is 0 Å². The molecule has 2 aromatic rings. The minimum atomic E-state index is -0.618. The Labute approximate surface area is 133 Å². The fourth-order valence-electron chi connectivity index (χ4n) is 2.17. The standard InChI is InChI=1S/C16H13N3O3/c1-18-14-8-7-12(19(21)22)9-13(14)16(17-10-15(18)20)11-5-3-2-4-6-11/h2-9H,10H2,1H3/i2D,3D,4D,5D,6D. The van der Waals surface area contributed by atoms with Gasteiger partial charge in [-0.1, -0.05) is 30.2 Å². The molecule has 0 saturated carbocycles. The third kappa shape index (κ3) is 2.35. The van der Waals surface area contributed by atoms with Crippen LogP contribution in [-0.4, -0.2) is 30.1 Å². The number of likely N-dealkylation sites (N-methyl/N-ethyl adjacent to an activating group) is 1. The second kappa shape index (κ2) is 5.40. The number of hydrogen-bond donors (Lipinski definition) is 0. The SMILES string of the molecule is [2H]c1c([2H])c([2H])c(C2=NCC(=O)N(C)c3ccc([N+](=O)[O-])cc32)c([2H])c1[2H]. The first-order valence-electron chi connectivity index (χ1n) is 8.82. The lowest BCUT2D eigenvalue weighted by molar-refractivity contribution is -0.384. The number of amides is 1. The van der Waals surface area contributed by atoms with E-state index in [1.807, 2.05) is 0 Å². The number of benzene rings is 2. The summed E-state index contributed by atoms with van der Waals surface area (Å²) in [5.74, 6) is -0.396. The molecular formula is C16H13N3O3. The van der Waals surface area contributed by atoms with Gasteiger partial charge < -0.3 is 4.90 Å². The van der Waals surface area contributed by atoms with Crippen LogP contribution in [0.2, 0.25) is 0 Å². The number of nitrogens with zero attached hydrogens (tertiary/aromatic N) is 3. The van der Waals surface area contributed by atoms with E-state index in [4.69, 9.17) is 6.85 Å². The lowest BCUT2D eigenvalue weighted by Crippen LogP contribution is -2.27. The molecule has 6 nitrogen and oxygen atoms in total. The van der Waals surface area contributed by atoms with Crippen LogP contribution in [0.4, 0.5) is 11.4 Å². The van der Waals surface area contributed by atoms with E-state index in [1.54, 1.807) is 0 Å². The van der Waals surface area contributed by atoms with Crippen LogP contribution in [0.25, 0.3) is 0 Å². The normalized spacial score (nSPS) is 17.3. The van der Waals surface area contributed by atoms with Crippen LogP contribution in [0.3, 0.4) is 0 Å². The molecule has 0 aliphatic carbocycles. The second-order valence-corrected chi connectivity index (χ2v) is 4.58. The zero-order chi connectivity index (χ0) is 20.0. The molecule has 0 saturated heterocycles. The van der Waals surface area contributed by atoms with E-state index in [9.17, 15) is 14.9 Å². The van der Waals surface area contributed by atoms with E-state index < -0.39 is 41.0 Å². The Morgan fingerprint density at radius 1 is 1.32 bits per heavy atom. The summed E-state index contributed by atoms with van der Waals surface area (Å²) in [4.78, 5) is 28.2. The predicted octanol–water partition coefficient (Wildman–Crippen LogP) is 2.41. The Morgan fingerprint density at radius 2 is 2.05 bits per heavy atom. The highest BCUT2D eigenvalue weighted by molar-refractivity contribution is 6.19. The fourth-order valence-corrected chi connectivity index (χ4v) is 2.17. The van der Waals surface area contributed by atoms with Crippen molar-refractivity contribution in [1.29, 1.82) is 0 Å². The highest BCUT2D eigenvalue weighted by Crippen LogP contribution is 2.29. The molecule has 1 amide bonds. The molecule has 0 N–H and O–H groups in total. The van der Waals surface area contributed by atoms with Crippen LogP contribution >= 0.6 is 0 Å². The molecule has 2 aromatic carbocycles. The van der Waals surface area contributed by atoms with Gasteiger partial charge in [0.25, 0.3) is 5.69 Å². The van der Waals surface area contributed by atoms with Crippen LogP contribution in [0.5, 0.6) is 0 Å². The molecule has 0 aromatic heterocycles. The van der Waals surface area contributed by atoms with Crippen LogP contribution in [0.15, 0.2) is 53.4 Å². The first kappa shape index (κ1) is 9.09. The van der Waals surface area contributed by atoms with E-state index in [0.29, 0.717) is 5.69 Å². The molecule has 0 fully saturated rings. The summed E-state index contributed by atoms with van der Waals surface area (Å²) in [5.41, 5.74) is -0.0736. The summed E-state index contributed by atoms with van der Waals surface area (Å²) in [5, 5.41) is 11.2.